The molecular weight excluding hydrogens is 155 g/mol. The molecule has 0 unspecified atom stereocenters. The normalized spacial score (nSPS) is 7.22. The third-order valence-electron chi connectivity index (χ3n) is 0. The molecule has 0 aliphatic heterocycles. The van der Waals surface area contributed by atoms with Crippen molar-refractivity contribution in [1.82, 2.24) is 0 Å². The Morgan fingerprint density at radius 3 is 1.44 bits per heavy atom. The van der Waals surface area contributed by atoms with Gasteiger partial charge in [0, 0.05) is 0 Å². The van der Waals surface area contributed by atoms with E-state index < -0.39 is 10.4 Å². The van der Waals surface area contributed by atoms with E-state index in [1.807, 2.05) is 5.92 Å². The minimum atomic E-state index is -4.67. The average Bonchev–Trinajstić information content (AvgIpc) is 1.27. The van der Waals surface area contributed by atoms with Crippen molar-refractivity contribution in [2.45, 2.75) is 0 Å². The van der Waals surface area contributed by atoms with Gasteiger partial charge in [0.05, 0.1) is 0 Å². The predicted molar refractivity (Wildman–Crippen MR) is 28.4 cm³/mol. The van der Waals surface area contributed by atoms with Gasteiger partial charge in [-0.2, -0.15) is 15.3 Å². The van der Waals surface area contributed by atoms with Gasteiger partial charge in [-0.15, -0.1) is 0 Å². The fourth-order valence-electron chi connectivity index (χ4n) is 0. The third kappa shape index (κ3) is 3660. The van der Waals surface area contributed by atoms with E-state index in [1.54, 1.807) is 0 Å². The Morgan fingerprint density at radius 2 is 1.44 bits per heavy atom. The van der Waals surface area contributed by atoms with E-state index in [9.17, 15) is 0 Å². The summed E-state index contributed by atoms with van der Waals surface area (Å²) in [6, 6.07) is 0. The van der Waals surface area contributed by atoms with Crippen molar-refractivity contribution < 1.29 is 47.1 Å². The van der Waals surface area contributed by atoms with Crippen LogP contribution in [0.15, 0.2) is 0 Å². The quantitative estimate of drug-likeness (QED) is 0.169. The Morgan fingerprint density at radius 1 is 1.44 bits per heavy atom. The number of rotatable bonds is 0. The molecule has 0 bridgehead atoms. The molecule has 0 spiro atoms. The standard InChI is InChI=1S/C3H3.Na.H2O4S/c1-3-2;;1-5(2,3)4/h1H,2H2;;(H2,1,2,3,4)/q-1;+1;. The van der Waals surface area contributed by atoms with Gasteiger partial charge < -0.3 is 12.3 Å². The molecule has 0 saturated carbocycles. The monoisotopic (exact) mass is 160 g/mol. The van der Waals surface area contributed by atoms with Gasteiger partial charge in [-0.3, -0.25) is 9.11 Å². The Bertz CT molecular complexity index is 157. The summed E-state index contributed by atoms with van der Waals surface area (Å²) in [7, 11) is -4.67. The average molecular weight is 160 g/mol. The molecule has 9 heavy (non-hydrogen) atoms. The van der Waals surface area contributed by atoms with E-state index in [0.29, 0.717) is 0 Å². The van der Waals surface area contributed by atoms with Gasteiger partial charge >= 0.3 is 40.0 Å². The Balaban J connectivity index is -0.0000000800. The Hall–Kier alpha value is 0.300. The van der Waals surface area contributed by atoms with Crippen LogP contribution in [-0.2, 0) is 10.4 Å². The summed E-state index contributed by atoms with van der Waals surface area (Å²) in [5.41, 5.74) is 0. The number of hydrogen-bond donors (Lipinski definition) is 2. The van der Waals surface area contributed by atoms with Gasteiger partial charge in [0.25, 0.3) is 0 Å². The van der Waals surface area contributed by atoms with Crippen LogP contribution in [-0.4, -0.2) is 17.5 Å². The maximum Gasteiger partial charge on any atom is 1.00 e. The van der Waals surface area contributed by atoms with Gasteiger partial charge in [0.1, 0.15) is 0 Å². The van der Waals surface area contributed by atoms with Crippen molar-refractivity contribution in [3.63, 3.8) is 0 Å². The maximum absolute atomic E-state index is 8.74. The molecule has 0 aromatic heterocycles. The third-order valence-corrected chi connectivity index (χ3v) is 0. The molecule has 0 saturated heterocycles. The molecule has 0 aliphatic carbocycles. The van der Waals surface area contributed by atoms with Gasteiger partial charge in [-0.1, -0.05) is 0 Å². The minimum Gasteiger partial charge on any atom is -0.345 e. The second kappa shape index (κ2) is 8.30. The van der Waals surface area contributed by atoms with E-state index in [0.717, 1.165) is 0 Å². The SMILES string of the molecule is C#C[CH2-].O=S(=O)(O)O.[Na+]. The maximum atomic E-state index is 8.74. The van der Waals surface area contributed by atoms with Crippen molar-refractivity contribution >= 4 is 10.4 Å². The van der Waals surface area contributed by atoms with E-state index >= 15 is 0 Å². The Labute approximate surface area is 76.5 Å². The van der Waals surface area contributed by atoms with Gasteiger partial charge in [0.15, 0.2) is 0 Å². The van der Waals surface area contributed by atoms with Crippen LogP contribution in [0.3, 0.4) is 0 Å². The molecule has 0 heterocycles. The van der Waals surface area contributed by atoms with Gasteiger partial charge in [-0.05, 0) is 0 Å². The van der Waals surface area contributed by atoms with Crippen molar-refractivity contribution in [2.75, 3.05) is 0 Å². The van der Waals surface area contributed by atoms with Crippen LogP contribution < -0.4 is 29.6 Å². The molecule has 48 valence electrons. The summed E-state index contributed by atoms with van der Waals surface area (Å²) >= 11 is 0. The second-order valence-electron chi connectivity index (χ2n) is 0.652. The summed E-state index contributed by atoms with van der Waals surface area (Å²) in [6.45, 7) is 3.01. The fourth-order valence-corrected chi connectivity index (χ4v) is 0. The smallest absolute Gasteiger partial charge is 0.345 e. The van der Waals surface area contributed by atoms with Crippen LogP contribution in [0, 0.1) is 19.3 Å². The molecule has 6 heteroatoms. The van der Waals surface area contributed by atoms with Gasteiger partial charge in [-0.25, -0.2) is 0 Å². The van der Waals surface area contributed by atoms with Crippen molar-refractivity contribution in [1.29, 1.82) is 0 Å². The number of terminal acetylenes is 1. The first kappa shape index (κ1) is 16.1. The molecule has 0 aliphatic rings. The Kier molecular flexibility index (Phi) is 14.9. The molecular formula is C3H5NaO4S. The summed E-state index contributed by atoms with van der Waals surface area (Å²) in [5.74, 6) is 2.00. The van der Waals surface area contributed by atoms with Crippen molar-refractivity contribution in [3.8, 4) is 12.3 Å². The van der Waals surface area contributed by atoms with Crippen LogP contribution in [0.25, 0.3) is 0 Å². The molecule has 0 aromatic carbocycles. The minimum absolute atomic E-state index is 0. The zero-order chi connectivity index (χ0) is 7.21. The van der Waals surface area contributed by atoms with Crippen LogP contribution in [0.2, 0.25) is 0 Å². The van der Waals surface area contributed by atoms with Crippen LogP contribution in [0.1, 0.15) is 0 Å². The summed E-state index contributed by atoms with van der Waals surface area (Å²) in [6.07, 6.45) is 4.49. The number of hydrogen-bond acceptors (Lipinski definition) is 2. The molecule has 0 fully saturated rings. The first-order chi connectivity index (χ1) is 3.41. The first-order valence-electron chi connectivity index (χ1n) is 1.34. The van der Waals surface area contributed by atoms with Crippen LogP contribution in [0.4, 0.5) is 0 Å². The first-order valence-corrected chi connectivity index (χ1v) is 2.74. The van der Waals surface area contributed by atoms with Crippen LogP contribution >= 0.6 is 0 Å². The molecule has 0 radical (unpaired) electrons. The zero-order valence-corrected chi connectivity index (χ0v) is 7.72. The summed E-state index contributed by atoms with van der Waals surface area (Å²) in [4.78, 5) is 0. The molecule has 0 amide bonds. The van der Waals surface area contributed by atoms with Crippen molar-refractivity contribution in [3.05, 3.63) is 6.92 Å². The van der Waals surface area contributed by atoms with Crippen molar-refractivity contribution in [2.24, 2.45) is 0 Å². The van der Waals surface area contributed by atoms with Gasteiger partial charge in [0.2, 0.25) is 0 Å². The van der Waals surface area contributed by atoms with Crippen LogP contribution in [0.5, 0.6) is 0 Å². The summed E-state index contributed by atoms with van der Waals surface area (Å²) < 4.78 is 31.6. The van der Waals surface area contributed by atoms with E-state index in [4.69, 9.17) is 17.5 Å². The molecule has 2 N–H and O–H groups in total. The predicted octanol–water partition coefficient (Wildman–Crippen LogP) is -3.20. The summed E-state index contributed by atoms with van der Waals surface area (Å²) in [5, 5.41) is 0. The molecule has 0 aromatic rings. The molecule has 0 rings (SSSR count). The fraction of sp³-hybridized carbons (Fsp3) is 0. The topological polar surface area (TPSA) is 74.6 Å². The van der Waals surface area contributed by atoms with E-state index in [1.165, 1.54) is 0 Å². The van der Waals surface area contributed by atoms with E-state index in [2.05, 4.69) is 13.3 Å². The largest absolute Gasteiger partial charge is 1.00 e. The molecule has 0 atom stereocenters. The second-order valence-corrected chi connectivity index (χ2v) is 1.55. The zero-order valence-electron chi connectivity index (χ0n) is 4.90. The van der Waals surface area contributed by atoms with E-state index in [-0.39, 0.29) is 29.6 Å². The molecule has 4 nitrogen and oxygen atoms in total.